The van der Waals surface area contributed by atoms with Crippen LogP contribution in [0.2, 0.25) is 0 Å². The Kier molecular flexibility index (Phi) is 4.21. The molecule has 0 radical (unpaired) electrons. The fraction of sp³-hybridized carbons (Fsp3) is 0.316. The number of benzene rings is 1. The Morgan fingerprint density at radius 3 is 2.84 bits per heavy atom. The van der Waals surface area contributed by atoms with E-state index in [1.165, 1.54) is 0 Å². The van der Waals surface area contributed by atoms with E-state index in [4.69, 9.17) is 14.4 Å². The summed E-state index contributed by atoms with van der Waals surface area (Å²) >= 11 is 0. The predicted octanol–water partition coefficient (Wildman–Crippen LogP) is 3.39. The highest BCUT2D eigenvalue weighted by molar-refractivity contribution is 5.74. The summed E-state index contributed by atoms with van der Waals surface area (Å²) in [5, 5.41) is 9.08. The molecule has 6 nitrogen and oxygen atoms in total. The highest BCUT2D eigenvalue weighted by atomic mass is 16.5. The van der Waals surface area contributed by atoms with Crippen molar-refractivity contribution in [1.29, 1.82) is 5.26 Å². The lowest BCUT2D eigenvalue weighted by Gasteiger charge is -2.30. The van der Waals surface area contributed by atoms with Gasteiger partial charge in [-0.2, -0.15) is 10.2 Å². The van der Waals surface area contributed by atoms with Crippen molar-refractivity contribution >= 4 is 17.1 Å². The molecular formula is C19H18N4O2. The van der Waals surface area contributed by atoms with Crippen LogP contribution in [0.25, 0.3) is 11.1 Å². The van der Waals surface area contributed by atoms with Crippen LogP contribution in [0.5, 0.6) is 5.88 Å². The van der Waals surface area contributed by atoms with Crippen LogP contribution in [0.4, 0.5) is 6.01 Å². The van der Waals surface area contributed by atoms with E-state index >= 15 is 0 Å². The third-order valence-electron chi connectivity index (χ3n) is 4.52. The van der Waals surface area contributed by atoms with Crippen molar-refractivity contribution in [3.8, 4) is 11.9 Å². The molecule has 1 aliphatic heterocycles. The first-order chi connectivity index (χ1) is 12.3. The topological polar surface area (TPSA) is 75.2 Å². The molecular weight excluding hydrogens is 316 g/mol. The molecule has 1 aliphatic rings. The van der Waals surface area contributed by atoms with Crippen LogP contribution >= 0.6 is 0 Å². The van der Waals surface area contributed by atoms with Gasteiger partial charge in [0.05, 0.1) is 6.61 Å². The number of hydrogen-bond donors (Lipinski definition) is 0. The molecule has 0 aliphatic carbocycles. The molecule has 2 aromatic heterocycles. The second kappa shape index (κ2) is 6.81. The molecule has 6 heteroatoms. The van der Waals surface area contributed by atoms with Gasteiger partial charge < -0.3 is 14.1 Å². The highest BCUT2D eigenvalue weighted by Crippen LogP contribution is 2.26. The number of oxazole rings is 1. The molecule has 1 aromatic carbocycles. The summed E-state index contributed by atoms with van der Waals surface area (Å²) in [6.45, 7) is 2.34. The SMILES string of the molecule is N#Cc1cccnc1OCC1CCN(c2nc3ccccc3o2)CC1. The van der Waals surface area contributed by atoms with Gasteiger partial charge in [-0.1, -0.05) is 12.1 Å². The Bertz CT molecular complexity index is 874. The van der Waals surface area contributed by atoms with Gasteiger partial charge in [-0.25, -0.2) is 4.98 Å². The lowest BCUT2D eigenvalue weighted by atomic mass is 9.98. The summed E-state index contributed by atoms with van der Waals surface area (Å²) in [6, 6.07) is 14.1. The Hall–Kier alpha value is -3.07. The lowest BCUT2D eigenvalue weighted by Crippen LogP contribution is -2.35. The highest BCUT2D eigenvalue weighted by Gasteiger charge is 2.23. The molecule has 0 bridgehead atoms. The van der Waals surface area contributed by atoms with E-state index in [0.29, 0.717) is 30.0 Å². The molecule has 3 heterocycles. The predicted molar refractivity (Wildman–Crippen MR) is 93.4 cm³/mol. The minimum Gasteiger partial charge on any atom is -0.476 e. The van der Waals surface area contributed by atoms with Crippen LogP contribution in [0.15, 0.2) is 47.0 Å². The number of ether oxygens (including phenoxy) is 1. The summed E-state index contributed by atoms with van der Waals surface area (Å²) in [4.78, 5) is 10.9. The third-order valence-corrected chi connectivity index (χ3v) is 4.52. The maximum absolute atomic E-state index is 9.08. The Balaban J connectivity index is 1.34. The minimum absolute atomic E-state index is 0.423. The zero-order valence-electron chi connectivity index (χ0n) is 13.8. The fourth-order valence-electron chi connectivity index (χ4n) is 3.07. The molecule has 3 aromatic rings. The van der Waals surface area contributed by atoms with Crippen molar-refractivity contribution in [3.05, 3.63) is 48.2 Å². The third kappa shape index (κ3) is 3.26. The number of nitrogens with zero attached hydrogens (tertiary/aromatic N) is 4. The molecule has 0 spiro atoms. The first-order valence-electron chi connectivity index (χ1n) is 8.42. The van der Waals surface area contributed by atoms with Crippen LogP contribution in [-0.4, -0.2) is 29.7 Å². The largest absolute Gasteiger partial charge is 0.476 e. The first-order valence-corrected chi connectivity index (χ1v) is 8.42. The van der Waals surface area contributed by atoms with E-state index in [1.807, 2.05) is 24.3 Å². The van der Waals surface area contributed by atoms with Gasteiger partial charge >= 0.3 is 0 Å². The first kappa shape index (κ1) is 15.5. The van der Waals surface area contributed by atoms with E-state index in [1.54, 1.807) is 18.3 Å². The zero-order valence-corrected chi connectivity index (χ0v) is 13.8. The Labute approximate surface area is 145 Å². The standard InChI is InChI=1S/C19H18N4O2/c20-12-15-4-3-9-21-18(15)24-13-14-7-10-23(11-8-14)19-22-16-5-1-2-6-17(16)25-19/h1-6,9,14H,7-8,10-11,13H2. The zero-order chi connectivity index (χ0) is 17.1. The number of anilines is 1. The van der Waals surface area contributed by atoms with E-state index in [2.05, 4.69) is 20.9 Å². The molecule has 25 heavy (non-hydrogen) atoms. The quantitative estimate of drug-likeness (QED) is 0.728. The second-order valence-electron chi connectivity index (χ2n) is 6.17. The van der Waals surface area contributed by atoms with Crippen LogP contribution in [0.3, 0.4) is 0 Å². The number of fused-ring (bicyclic) bond motifs is 1. The average Bonchev–Trinajstić information content (AvgIpc) is 3.11. The van der Waals surface area contributed by atoms with Crippen molar-refractivity contribution in [1.82, 2.24) is 9.97 Å². The number of pyridine rings is 1. The second-order valence-corrected chi connectivity index (χ2v) is 6.17. The number of hydrogen-bond acceptors (Lipinski definition) is 6. The summed E-state index contributed by atoms with van der Waals surface area (Å²) in [7, 11) is 0. The molecule has 0 unspecified atom stereocenters. The summed E-state index contributed by atoms with van der Waals surface area (Å²) in [5.41, 5.74) is 2.19. The molecule has 0 N–H and O–H groups in total. The molecule has 0 saturated carbocycles. The summed E-state index contributed by atoms with van der Waals surface area (Å²) in [5.74, 6) is 0.862. The Morgan fingerprint density at radius 2 is 2.04 bits per heavy atom. The minimum atomic E-state index is 0.423. The molecule has 1 saturated heterocycles. The molecule has 126 valence electrons. The van der Waals surface area contributed by atoms with Crippen LogP contribution < -0.4 is 9.64 Å². The normalized spacial score (nSPS) is 15.2. The Morgan fingerprint density at radius 1 is 1.20 bits per heavy atom. The maximum Gasteiger partial charge on any atom is 0.298 e. The van der Waals surface area contributed by atoms with E-state index in [0.717, 1.165) is 37.0 Å². The van der Waals surface area contributed by atoms with Crippen molar-refractivity contribution in [2.45, 2.75) is 12.8 Å². The average molecular weight is 334 g/mol. The van der Waals surface area contributed by atoms with Crippen LogP contribution in [0.1, 0.15) is 18.4 Å². The smallest absolute Gasteiger partial charge is 0.298 e. The number of rotatable bonds is 4. The number of para-hydroxylation sites is 2. The van der Waals surface area contributed by atoms with Gasteiger partial charge in [0.1, 0.15) is 17.1 Å². The molecule has 0 amide bonds. The van der Waals surface area contributed by atoms with E-state index in [-0.39, 0.29) is 0 Å². The van der Waals surface area contributed by atoms with Gasteiger partial charge in [0, 0.05) is 19.3 Å². The van der Waals surface area contributed by atoms with E-state index in [9.17, 15) is 0 Å². The molecule has 1 fully saturated rings. The van der Waals surface area contributed by atoms with Crippen molar-refractivity contribution < 1.29 is 9.15 Å². The molecule has 0 atom stereocenters. The van der Waals surface area contributed by atoms with Crippen LogP contribution in [0, 0.1) is 17.2 Å². The van der Waals surface area contributed by atoms with Gasteiger partial charge in [0.15, 0.2) is 5.58 Å². The number of piperidine rings is 1. The van der Waals surface area contributed by atoms with Gasteiger partial charge in [0.2, 0.25) is 5.88 Å². The van der Waals surface area contributed by atoms with Gasteiger partial charge in [-0.15, -0.1) is 0 Å². The van der Waals surface area contributed by atoms with Gasteiger partial charge in [-0.05, 0) is 43.0 Å². The fourth-order valence-corrected chi connectivity index (χ4v) is 3.07. The van der Waals surface area contributed by atoms with Crippen molar-refractivity contribution in [2.75, 3.05) is 24.6 Å². The monoisotopic (exact) mass is 334 g/mol. The van der Waals surface area contributed by atoms with Crippen molar-refractivity contribution in [2.24, 2.45) is 5.92 Å². The lowest BCUT2D eigenvalue weighted by molar-refractivity contribution is 0.214. The van der Waals surface area contributed by atoms with Gasteiger partial charge in [-0.3, -0.25) is 0 Å². The molecule has 4 rings (SSSR count). The summed E-state index contributed by atoms with van der Waals surface area (Å²) in [6.07, 6.45) is 3.63. The van der Waals surface area contributed by atoms with E-state index < -0.39 is 0 Å². The van der Waals surface area contributed by atoms with Gasteiger partial charge in [0.25, 0.3) is 6.01 Å². The number of nitriles is 1. The summed E-state index contributed by atoms with van der Waals surface area (Å²) < 4.78 is 11.6. The van der Waals surface area contributed by atoms with Crippen LogP contribution in [-0.2, 0) is 0 Å². The maximum atomic E-state index is 9.08. The van der Waals surface area contributed by atoms with Crippen molar-refractivity contribution in [3.63, 3.8) is 0 Å². The number of aromatic nitrogens is 2.